The average molecular weight is 471 g/mol. The molecule has 35 heavy (non-hydrogen) atoms. The van der Waals surface area contributed by atoms with Gasteiger partial charge in [0, 0.05) is 44.3 Å². The molecule has 1 aromatic heterocycles. The van der Waals surface area contributed by atoms with Crippen LogP contribution in [0.4, 0.5) is 17.1 Å². The zero-order valence-corrected chi connectivity index (χ0v) is 19.8. The molecular formula is C27H26N4O4. The van der Waals surface area contributed by atoms with Crippen LogP contribution < -0.4 is 19.4 Å². The number of Topliss-reactive ketones (excluding diaryl/α,β-unsaturated/α-hetero) is 1. The number of ether oxygens (including phenoxy) is 1. The minimum Gasteiger partial charge on any atom is -0.507 e. The molecule has 3 aromatic rings. The van der Waals surface area contributed by atoms with Crippen molar-refractivity contribution in [2.24, 2.45) is 0 Å². The second-order valence-corrected chi connectivity index (χ2v) is 8.79. The van der Waals surface area contributed by atoms with E-state index in [1.807, 2.05) is 43.1 Å². The van der Waals surface area contributed by atoms with Crippen LogP contribution in [0.15, 0.2) is 72.4 Å². The van der Waals surface area contributed by atoms with Crippen molar-refractivity contribution in [2.75, 3.05) is 49.0 Å². The maximum Gasteiger partial charge on any atom is 0.300 e. The number of benzene rings is 2. The standard InChI is InChI=1S/C27H26N4O4/c1-29(2)18-8-10-19(11-9-18)31-24(20-6-4-5-13-28-20)23(26(33)27(31)34)25(32)17-7-12-22-21(16-17)30(3)14-15-35-22/h4-13,16,24,32H,14-15H2,1-3H3/b25-23-. The minimum atomic E-state index is -0.869. The molecule has 1 amide bonds. The SMILES string of the molecule is CN(C)c1ccc(N2C(=O)C(=O)/C(=C(\O)c3ccc4c(c3)N(C)CCO4)C2c2ccccn2)cc1. The number of hydrogen-bond acceptors (Lipinski definition) is 7. The summed E-state index contributed by atoms with van der Waals surface area (Å²) in [7, 11) is 5.79. The Bertz CT molecular complexity index is 1320. The summed E-state index contributed by atoms with van der Waals surface area (Å²) >= 11 is 0. The topological polar surface area (TPSA) is 86.2 Å². The molecule has 0 radical (unpaired) electrons. The van der Waals surface area contributed by atoms with E-state index in [1.165, 1.54) is 4.90 Å². The zero-order valence-electron chi connectivity index (χ0n) is 19.8. The fraction of sp³-hybridized carbons (Fsp3) is 0.222. The first-order valence-corrected chi connectivity index (χ1v) is 11.3. The number of ketones is 1. The number of likely N-dealkylation sites (N-methyl/N-ethyl adjacent to an activating group) is 1. The van der Waals surface area contributed by atoms with Crippen molar-refractivity contribution >= 4 is 34.5 Å². The Morgan fingerprint density at radius 2 is 1.86 bits per heavy atom. The summed E-state index contributed by atoms with van der Waals surface area (Å²) in [5, 5.41) is 11.4. The van der Waals surface area contributed by atoms with Crippen LogP contribution in [0.2, 0.25) is 0 Å². The van der Waals surface area contributed by atoms with Gasteiger partial charge in [-0.15, -0.1) is 0 Å². The van der Waals surface area contributed by atoms with Gasteiger partial charge in [-0.25, -0.2) is 0 Å². The molecule has 1 unspecified atom stereocenters. The van der Waals surface area contributed by atoms with Gasteiger partial charge in [-0.05, 0) is 54.6 Å². The molecule has 0 bridgehead atoms. The predicted octanol–water partition coefficient (Wildman–Crippen LogP) is 3.60. The van der Waals surface area contributed by atoms with Gasteiger partial charge in [-0.1, -0.05) is 6.07 Å². The van der Waals surface area contributed by atoms with Gasteiger partial charge in [0.2, 0.25) is 0 Å². The quantitative estimate of drug-likeness (QED) is 0.354. The number of hydrogen-bond donors (Lipinski definition) is 1. The Hall–Kier alpha value is -4.33. The Morgan fingerprint density at radius 3 is 2.54 bits per heavy atom. The van der Waals surface area contributed by atoms with Gasteiger partial charge in [0.25, 0.3) is 11.7 Å². The van der Waals surface area contributed by atoms with Crippen LogP contribution in [0.3, 0.4) is 0 Å². The van der Waals surface area contributed by atoms with Crippen molar-refractivity contribution in [3.63, 3.8) is 0 Å². The number of anilines is 3. The van der Waals surface area contributed by atoms with E-state index in [0.29, 0.717) is 35.8 Å². The molecule has 2 aliphatic rings. The molecular weight excluding hydrogens is 444 g/mol. The molecule has 8 nitrogen and oxygen atoms in total. The highest BCUT2D eigenvalue weighted by molar-refractivity contribution is 6.51. The first kappa shape index (κ1) is 22.5. The summed E-state index contributed by atoms with van der Waals surface area (Å²) in [6, 6.07) is 17.0. The van der Waals surface area contributed by atoms with Crippen molar-refractivity contribution < 1.29 is 19.4 Å². The first-order chi connectivity index (χ1) is 16.9. The van der Waals surface area contributed by atoms with Crippen LogP contribution in [0, 0.1) is 0 Å². The largest absolute Gasteiger partial charge is 0.507 e. The van der Waals surface area contributed by atoms with E-state index >= 15 is 0 Å². The molecule has 8 heteroatoms. The van der Waals surface area contributed by atoms with Gasteiger partial charge in [0.05, 0.1) is 23.5 Å². The van der Waals surface area contributed by atoms with Crippen LogP contribution in [0.25, 0.3) is 5.76 Å². The summed E-state index contributed by atoms with van der Waals surface area (Å²) in [5.74, 6) is -0.999. The van der Waals surface area contributed by atoms with Crippen molar-refractivity contribution in [3.05, 3.63) is 83.7 Å². The van der Waals surface area contributed by atoms with Gasteiger partial charge in [0.15, 0.2) is 0 Å². The number of carbonyl (C=O) groups is 2. The number of pyridine rings is 1. The molecule has 3 heterocycles. The van der Waals surface area contributed by atoms with E-state index in [-0.39, 0.29) is 11.3 Å². The van der Waals surface area contributed by atoms with E-state index in [4.69, 9.17) is 4.74 Å². The maximum atomic E-state index is 13.3. The summed E-state index contributed by atoms with van der Waals surface area (Å²) < 4.78 is 5.70. The third-order valence-electron chi connectivity index (χ3n) is 6.38. The fourth-order valence-electron chi connectivity index (χ4n) is 4.48. The van der Waals surface area contributed by atoms with Crippen LogP contribution in [0.5, 0.6) is 5.75 Å². The molecule has 2 aliphatic heterocycles. The first-order valence-electron chi connectivity index (χ1n) is 11.3. The Morgan fingerprint density at radius 1 is 1.09 bits per heavy atom. The number of amides is 1. The normalized spacial score (nSPS) is 18.9. The average Bonchev–Trinajstić information content (AvgIpc) is 3.14. The van der Waals surface area contributed by atoms with E-state index in [9.17, 15) is 14.7 Å². The number of aliphatic hydroxyl groups is 1. The molecule has 1 fully saturated rings. The third kappa shape index (κ3) is 3.86. The Kier molecular flexibility index (Phi) is 5.64. The molecule has 1 atom stereocenters. The molecule has 5 rings (SSSR count). The number of nitrogens with zero attached hydrogens (tertiary/aromatic N) is 4. The van der Waals surface area contributed by atoms with Gasteiger partial charge >= 0.3 is 0 Å². The lowest BCUT2D eigenvalue weighted by atomic mass is 9.97. The Labute approximate surface area is 203 Å². The van der Waals surface area contributed by atoms with E-state index in [1.54, 1.807) is 54.7 Å². The smallest absolute Gasteiger partial charge is 0.300 e. The van der Waals surface area contributed by atoms with Crippen molar-refractivity contribution in [1.29, 1.82) is 0 Å². The van der Waals surface area contributed by atoms with Crippen molar-refractivity contribution in [3.8, 4) is 5.75 Å². The van der Waals surface area contributed by atoms with Crippen molar-refractivity contribution in [2.45, 2.75) is 6.04 Å². The summed E-state index contributed by atoms with van der Waals surface area (Å²) in [5.41, 5.74) is 3.24. The minimum absolute atomic E-state index is 0.00437. The highest BCUT2D eigenvalue weighted by atomic mass is 16.5. The second kappa shape index (κ2) is 8.79. The molecule has 2 aromatic carbocycles. The third-order valence-corrected chi connectivity index (χ3v) is 6.38. The van der Waals surface area contributed by atoms with Crippen LogP contribution in [-0.2, 0) is 9.59 Å². The molecule has 0 saturated carbocycles. The van der Waals surface area contributed by atoms with Gasteiger partial charge in [0.1, 0.15) is 24.2 Å². The summed E-state index contributed by atoms with van der Waals surface area (Å²) in [4.78, 5) is 36.5. The highest BCUT2D eigenvalue weighted by Gasteiger charge is 2.47. The Balaban J connectivity index is 1.66. The number of rotatable bonds is 4. The van der Waals surface area contributed by atoms with Crippen LogP contribution >= 0.6 is 0 Å². The van der Waals surface area contributed by atoms with Crippen LogP contribution in [-0.4, -0.2) is 56.1 Å². The second-order valence-electron chi connectivity index (χ2n) is 8.79. The van der Waals surface area contributed by atoms with E-state index in [0.717, 1.165) is 11.4 Å². The number of aliphatic hydroxyl groups excluding tert-OH is 1. The summed E-state index contributed by atoms with van der Waals surface area (Å²) in [6.07, 6.45) is 1.61. The van der Waals surface area contributed by atoms with E-state index in [2.05, 4.69) is 4.98 Å². The van der Waals surface area contributed by atoms with Gasteiger partial charge in [-0.2, -0.15) is 0 Å². The summed E-state index contributed by atoms with van der Waals surface area (Å²) in [6.45, 7) is 1.28. The molecule has 0 aliphatic carbocycles. The number of aromatic nitrogens is 1. The van der Waals surface area contributed by atoms with Crippen LogP contribution in [0.1, 0.15) is 17.3 Å². The lowest BCUT2D eigenvalue weighted by Gasteiger charge is -2.28. The maximum absolute atomic E-state index is 13.3. The monoisotopic (exact) mass is 470 g/mol. The zero-order chi connectivity index (χ0) is 24.7. The lowest BCUT2D eigenvalue weighted by molar-refractivity contribution is -0.132. The molecule has 1 saturated heterocycles. The predicted molar refractivity (Wildman–Crippen MR) is 135 cm³/mol. The lowest BCUT2D eigenvalue weighted by Crippen LogP contribution is -2.29. The fourth-order valence-corrected chi connectivity index (χ4v) is 4.48. The molecule has 1 N–H and O–H groups in total. The van der Waals surface area contributed by atoms with Gasteiger partial charge < -0.3 is 19.6 Å². The van der Waals surface area contributed by atoms with Gasteiger partial charge in [-0.3, -0.25) is 19.5 Å². The van der Waals surface area contributed by atoms with Crippen molar-refractivity contribution in [1.82, 2.24) is 4.98 Å². The number of fused-ring (bicyclic) bond motifs is 1. The highest BCUT2D eigenvalue weighted by Crippen LogP contribution is 2.43. The molecule has 0 spiro atoms. The van der Waals surface area contributed by atoms with E-state index < -0.39 is 17.7 Å². The number of carbonyl (C=O) groups excluding carboxylic acids is 2. The molecule has 178 valence electrons.